The second-order valence-corrected chi connectivity index (χ2v) is 7.39. The average molecular weight is 409 g/mol. The van der Waals surface area contributed by atoms with Crippen LogP contribution < -0.4 is 10.2 Å². The van der Waals surface area contributed by atoms with Crippen LogP contribution in [0.4, 0.5) is 5.69 Å². The molecule has 2 aliphatic rings. The molecule has 1 fully saturated rings. The number of hydrogen-bond acceptors (Lipinski definition) is 3. The Morgan fingerprint density at radius 3 is 2.63 bits per heavy atom. The summed E-state index contributed by atoms with van der Waals surface area (Å²) in [5, 5.41) is 3.74. The van der Waals surface area contributed by atoms with Crippen molar-refractivity contribution in [3.05, 3.63) is 65.2 Å². The first-order valence-corrected chi connectivity index (χ1v) is 9.47. The van der Waals surface area contributed by atoms with Crippen LogP contribution in [0, 0.1) is 12.8 Å². The van der Waals surface area contributed by atoms with Crippen LogP contribution in [0.3, 0.4) is 0 Å². The minimum atomic E-state index is 0. The van der Waals surface area contributed by atoms with Crippen LogP contribution in [0.5, 0.6) is 0 Å². The van der Waals surface area contributed by atoms with Crippen molar-refractivity contribution in [1.29, 1.82) is 0 Å². The Bertz CT molecular complexity index is 740. The molecule has 0 aromatic heterocycles. The largest absolute Gasteiger partial charge is 0.373 e. The van der Waals surface area contributed by atoms with Gasteiger partial charge in [-0.25, -0.2) is 0 Å². The first-order valence-electron chi connectivity index (χ1n) is 9.47. The zero-order chi connectivity index (χ0) is 17.2. The van der Waals surface area contributed by atoms with Gasteiger partial charge in [-0.1, -0.05) is 49.4 Å². The van der Waals surface area contributed by atoms with Gasteiger partial charge in [0.05, 0.1) is 12.7 Å². The zero-order valence-electron chi connectivity index (χ0n) is 16.1. The zero-order valence-corrected chi connectivity index (χ0v) is 17.7. The SMILES string of the molecule is Cc1ccccc1N1CCNC(C(C)C2OCCc3ccccc32)C1.Cl.Cl. The Kier molecular flexibility index (Phi) is 7.99. The van der Waals surface area contributed by atoms with E-state index >= 15 is 0 Å². The monoisotopic (exact) mass is 408 g/mol. The Morgan fingerprint density at radius 2 is 1.81 bits per heavy atom. The molecule has 3 unspecified atom stereocenters. The van der Waals surface area contributed by atoms with Crippen LogP contribution in [-0.4, -0.2) is 32.3 Å². The first kappa shape index (κ1) is 22.0. The van der Waals surface area contributed by atoms with Gasteiger partial charge in [-0.05, 0) is 36.1 Å². The summed E-state index contributed by atoms with van der Waals surface area (Å²) in [4.78, 5) is 2.53. The number of para-hydroxylation sites is 1. The molecule has 4 rings (SSSR count). The molecule has 0 bridgehead atoms. The lowest BCUT2D eigenvalue weighted by Crippen LogP contribution is -2.54. The van der Waals surface area contributed by atoms with Crippen LogP contribution in [-0.2, 0) is 11.2 Å². The summed E-state index contributed by atoms with van der Waals surface area (Å²) in [5.74, 6) is 0.438. The minimum absolute atomic E-state index is 0. The number of hydrogen-bond donors (Lipinski definition) is 1. The summed E-state index contributed by atoms with van der Waals surface area (Å²) < 4.78 is 6.23. The van der Waals surface area contributed by atoms with Gasteiger partial charge < -0.3 is 15.0 Å². The van der Waals surface area contributed by atoms with Crippen LogP contribution in [0.25, 0.3) is 0 Å². The number of benzene rings is 2. The smallest absolute Gasteiger partial charge is 0.0868 e. The van der Waals surface area contributed by atoms with E-state index in [-0.39, 0.29) is 30.9 Å². The van der Waals surface area contributed by atoms with Crippen LogP contribution in [0.15, 0.2) is 48.5 Å². The summed E-state index contributed by atoms with van der Waals surface area (Å²) in [7, 11) is 0. The van der Waals surface area contributed by atoms with Crippen LogP contribution in [0.2, 0.25) is 0 Å². The standard InChI is InChI=1S/C22H28N2O.2ClH/c1-16-7-3-6-10-21(16)24-13-12-23-20(15-24)17(2)22-19-9-5-4-8-18(19)11-14-25-22;;/h3-10,17,20,22-23H,11-15H2,1-2H3;2*1H. The number of nitrogens with one attached hydrogen (secondary N) is 1. The molecule has 27 heavy (non-hydrogen) atoms. The maximum atomic E-state index is 6.23. The summed E-state index contributed by atoms with van der Waals surface area (Å²) in [6, 6.07) is 17.9. The number of rotatable bonds is 3. The molecular weight excluding hydrogens is 379 g/mol. The average Bonchev–Trinajstić information content (AvgIpc) is 2.67. The summed E-state index contributed by atoms with van der Waals surface area (Å²) in [6.45, 7) is 8.50. The van der Waals surface area contributed by atoms with E-state index in [1.165, 1.54) is 22.4 Å². The number of halogens is 2. The molecule has 3 nitrogen and oxygen atoms in total. The Labute approximate surface area is 175 Å². The first-order chi connectivity index (χ1) is 12.2. The van der Waals surface area contributed by atoms with Gasteiger partial charge in [0.15, 0.2) is 0 Å². The second-order valence-electron chi connectivity index (χ2n) is 7.39. The molecule has 0 spiro atoms. The summed E-state index contributed by atoms with van der Waals surface area (Å²) in [5.41, 5.74) is 5.56. The molecule has 0 saturated carbocycles. The Hall–Kier alpha value is -1.26. The van der Waals surface area contributed by atoms with Crippen molar-refractivity contribution in [1.82, 2.24) is 5.32 Å². The highest BCUT2D eigenvalue weighted by atomic mass is 35.5. The van der Waals surface area contributed by atoms with Gasteiger partial charge in [0.25, 0.3) is 0 Å². The maximum Gasteiger partial charge on any atom is 0.0868 e. The van der Waals surface area contributed by atoms with Crippen molar-refractivity contribution in [3.63, 3.8) is 0 Å². The van der Waals surface area contributed by atoms with E-state index in [0.29, 0.717) is 12.0 Å². The molecule has 5 heteroatoms. The van der Waals surface area contributed by atoms with Gasteiger partial charge in [-0.15, -0.1) is 24.8 Å². The van der Waals surface area contributed by atoms with Crippen molar-refractivity contribution < 1.29 is 4.74 Å². The van der Waals surface area contributed by atoms with Gasteiger partial charge >= 0.3 is 0 Å². The fourth-order valence-electron chi connectivity index (χ4n) is 4.34. The molecule has 0 amide bonds. The lowest BCUT2D eigenvalue weighted by molar-refractivity contribution is -0.00539. The van der Waals surface area contributed by atoms with Gasteiger partial charge in [-0.2, -0.15) is 0 Å². The van der Waals surface area contributed by atoms with Gasteiger partial charge in [0.2, 0.25) is 0 Å². The number of piperazine rings is 1. The Balaban J connectivity index is 0.00000131. The van der Waals surface area contributed by atoms with E-state index in [0.717, 1.165) is 32.7 Å². The molecular formula is C22H30Cl2N2O. The number of ether oxygens (including phenoxy) is 1. The molecule has 2 aromatic rings. The Morgan fingerprint density at radius 1 is 1.07 bits per heavy atom. The molecule has 2 aliphatic heterocycles. The molecule has 148 valence electrons. The van der Waals surface area contributed by atoms with Gasteiger partial charge in [-0.3, -0.25) is 0 Å². The number of anilines is 1. The summed E-state index contributed by atoms with van der Waals surface area (Å²) in [6.07, 6.45) is 1.23. The van der Waals surface area contributed by atoms with Crippen LogP contribution >= 0.6 is 24.8 Å². The number of fused-ring (bicyclic) bond motifs is 1. The second kappa shape index (κ2) is 9.79. The highest BCUT2D eigenvalue weighted by Crippen LogP contribution is 2.35. The van der Waals surface area contributed by atoms with Gasteiger partial charge in [0, 0.05) is 37.3 Å². The molecule has 1 saturated heterocycles. The topological polar surface area (TPSA) is 24.5 Å². The van der Waals surface area contributed by atoms with Crippen molar-refractivity contribution in [2.45, 2.75) is 32.4 Å². The molecule has 1 N–H and O–H groups in total. The van der Waals surface area contributed by atoms with E-state index < -0.39 is 0 Å². The van der Waals surface area contributed by atoms with E-state index in [2.05, 4.69) is 72.6 Å². The van der Waals surface area contributed by atoms with E-state index in [1.54, 1.807) is 0 Å². The lowest BCUT2D eigenvalue weighted by atomic mass is 9.85. The molecule has 2 heterocycles. The van der Waals surface area contributed by atoms with Crippen LogP contribution in [0.1, 0.15) is 29.7 Å². The van der Waals surface area contributed by atoms with Crippen molar-refractivity contribution in [3.8, 4) is 0 Å². The third-order valence-electron chi connectivity index (χ3n) is 5.80. The lowest BCUT2D eigenvalue weighted by Gasteiger charge is -2.42. The highest BCUT2D eigenvalue weighted by molar-refractivity contribution is 5.85. The number of nitrogens with zero attached hydrogens (tertiary/aromatic N) is 1. The molecule has 2 aromatic carbocycles. The van der Waals surface area contributed by atoms with Crippen molar-refractivity contribution in [2.24, 2.45) is 5.92 Å². The summed E-state index contributed by atoms with van der Waals surface area (Å²) >= 11 is 0. The van der Waals surface area contributed by atoms with E-state index in [4.69, 9.17) is 4.74 Å². The predicted octanol–water partition coefficient (Wildman–Crippen LogP) is 4.57. The quantitative estimate of drug-likeness (QED) is 0.804. The fraction of sp³-hybridized carbons (Fsp3) is 0.455. The minimum Gasteiger partial charge on any atom is -0.373 e. The molecule has 3 atom stereocenters. The fourth-order valence-corrected chi connectivity index (χ4v) is 4.34. The molecule has 0 aliphatic carbocycles. The normalized spacial score (nSPS) is 22.8. The van der Waals surface area contributed by atoms with Crippen molar-refractivity contribution in [2.75, 3.05) is 31.1 Å². The molecule has 0 radical (unpaired) electrons. The van der Waals surface area contributed by atoms with Crippen molar-refractivity contribution >= 4 is 30.5 Å². The highest BCUT2D eigenvalue weighted by Gasteiger charge is 2.33. The maximum absolute atomic E-state index is 6.23. The van der Waals surface area contributed by atoms with E-state index in [9.17, 15) is 0 Å². The third-order valence-corrected chi connectivity index (χ3v) is 5.80. The third kappa shape index (κ3) is 4.60. The van der Waals surface area contributed by atoms with E-state index in [1.807, 2.05) is 0 Å². The van der Waals surface area contributed by atoms with Gasteiger partial charge in [0.1, 0.15) is 0 Å². The number of aryl methyl sites for hydroxylation is 1. The predicted molar refractivity (Wildman–Crippen MR) is 118 cm³/mol.